The zero-order chi connectivity index (χ0) is 24.0. The van der Waals surface area contributed by atoms with Gasteiger partial charge >= 0.3 is 0 Å². The molecular weight excluding hydrogens is 444 g/mol. The molecule has 0 bridgehead atoms. The van der Waals surface area contributed by atoms with Gasteiger partial charge < -0.3 is 10.1 Å². The number of ether oxygens (including phenoxy) is 1. The highest BCUT2D eigenvalue weighted by molar-refractivity contribution is 7.89. The summed E-state index contributed by atoms with van der Waals surface area (Å²) in [4.78, 5) is 28.5. The van der Waals surface area contributed by atoms with Crippen LogP contribution in [0, 0.1) is 5.92 Å². The quantitative estimate of drug-likeness (QED) is 0.496. The number of methoxy groups -OCH3 is 1. The summed E-state index contributed by atoms with van der Waals surface area (Å²) < 4.78 is 34.0. The summed E-state index contributed by atoms with van der Waals surface area (Å²) in [5.41, 5.74) is 1.51. The Kier molecular flexibility index (Phi) is 7.62. The first-order chi connectivity index (χ1) is 15.7. The Morgan fingerprint density at radius 3 is 2.33 bits per heavy atom. The zero-order valence-electron chi connectivity index (χ0n) is 18.6. The summed E-state index contributed by atoms with van der Waals surface area (Å²) in [7, 11) is -2.20. The molecule has 0 atom stereocenters. The van der Waals surface area contributed by atoms with Crippen LogP contribution >= 0.6 is 0 Å². The van der Waals surface area contributed by atoms with Crippen molar-refractivity contribution in [1.29, 1.82) is 0 Å². The summed E-state index contributed by atoms with van der Waals surface area (Å²) in [5.74, 6) is 0.369. The van der Waals surface area contributed by atoms with E-state index in [1.807, 2.05) is 0 Å². The lowest BCUT2D eigenvalue weighted by Crippen LogP contribution is -2.31. The van der Waals surface area contributed by atoms with Crippen LogP contribution in [0.3, 0.4) is 0 Å². The van der Waals surface area contributed by atoms with E-state index in [-0.39, 0.29) is 35.4 Å². The smallest absolute Gasteiger partial charge is 0.253 e. The Bertz CT molecular complexity index is 1270. The van der Waals surface area contributed by atoms with Crippen molar-refractivity contribution in [3.8, 4) is 17.0 Å². The maximum Gasteiger partial charge on any atom is 0.253 e. The number of nitrogens with zero attached hydrogens (tertiary/aromatic N) is 2. The number of hydrogen-bond acceptors (Lipinski definition) is 6. The van der Waals surface area contributed by atoms with Crippen LogP contribution in [0.2, 0.25) is 0 Å². The summed E-state index contributed by atoms with van der Waals surface area (Å²) in [5, 5.41) is 2.71. The fraction of sp³-hybridized carbons (Fsp3) is 0.261. The van der Waals surface area contributed by atoms with Crippen molar-refractivity contribution in [2.45, 2.75) is 25.3 Å². The van der Waals surface area contributed by atoms with Gasteiger partial charge in [0.15, 0.2) is 0 Å². The predicted molar refractivity (Wildman–Crippen MR) is 126 cm³/mol. The second-order valence-electron chi connectivity index (χ2n) is 7.60. The standard InChI is InChI=1S/C23H26N4O5S/c1-16(2)23(29)26-18-6-10-20(11-7-18)33(30,31)25-12-13-27-15-24-21(14-22(27)28)17-4-8-19(32-3)9-5-17/h4-11,14-16,25H,12-13H2,1-3H3,(H,26,29). The van der Waals surface area contributed by atoms with Crippen molar-refractivity contribution in [3.05, 3.63) is 71.3 Å². The molecule has 0 aliphatic heterocycles. The van der Waals surface area contributed by atoms with Crippen molar-refractivity contribution in [2.24, 2.45) is 5.92 Å². The van der Waals surface area contributed by atoms with Gasteiger partial charge in [-0.05, 0) is 48.5 Å². The molecule has 0 spiro atoms. The van der Waals surface area contributed by atoms with Gasteiger partial charge in [0.05, 0.1) is 24.0 Å². The Morgan fingerprint density at radius 1 is 1.09 bits per heavy atom. The van der Waals surface area contributed by atoms with Gasteiger partial charge in [0, 0.05) is 36.3 Å². The lowest BCUT2D eigenvalue weighted by Gasteiger charge is -2.11. The molecule has 33 heavy (non-hydrogen) atoms. The fourth-order valence-corrected chi connectivity index (χ4v) is 3.92. The molecule has 0 fully saturated rings. The molecule has 3 rings (SSSR count). The molecule has 174 valence electrons. The fourth-order valence-electron chi connectivity index (χ4n) is 2.90. The molecule has 0 unspecified atom stereocenters. The van der Waals surface area contributed by atoms with E-state index < -0.39 is 10.0 Å². The molecule has 0 radical (unpaired) electrons. The second-order valence-corrected chi connectivity index (χ2v) is 9.37. The molecule has 3 aromatic rings. The van der Waals surface area contributed by atoms with Crippen LogP contribution in [0.4, 0.5) is 5.69 Å². The molecule has 1 heterocycles. The highest BCUT2D eigenvalue weighted by Crippen LogP contribution is 2.19. The number of amides is 1. The van der Waals surface area contributed by atoms with Crippen LogP contribution in [0.15, 0.2) is 70.6 Å². The Balaban J connectivity index is 1.60. The SMILES string of the molecule is COc1ccc(-c2cc(=O)n(CCNS(=O)(=O)c3ccc(NC(=O)C(C)C)cc3)cn2)cc1. The molecule has 0 saturated carbocycles. The van der Waals surface area contributed by atoms with Crippen LogP contribution in [0.5, 0.6) is 5.75 Å². The minimum atomic E-state index is -3.77. The molecule has 0 saturated heterocycles. The minimum absolute atomic E-state index is 0.0115. The van der Waals surface area contributed by atoms with E-state index in [9.17, 15) is 18.0 Å². The number of rotatable bonds is 9. The van der Waals surface area contributed by atoms with E-state index in [0.29, 0.717) is 17.1 Å². The van der Waals surface area contributed by atoms with Crippen LogP contribution in [0.25, 0.3) is 11.3 Å². The van der Waals surface area contributed by atoms with Crippen molar-refractivity contribution in [3.63, 3.8) is 0 Å². The first-order valence-corrected chi connectivity index (χ1v) is 11.8. The van der Waals surface area contributed by atoms with E-state index in [1.165, 1.54) is 41.2 Å². The molecular formula is C23H26N4O5S. The summed E-state index contributed by atoms with van der Waals surface area (Å²) in [6.45, 7) is 3.67. The topological polar surface area (TPSA) is 119 Å². The van der Waals surface area contributed by atoms with Crippen molar-refractivity contribution in [2.75, 3.05) is 19.0 Å². The van der Waals surface area contributed by atoms with Gasteiger partial charge in [-0.3, -0.25) is 14.2 Å². The van der Waals surface area contributed by atoms with Crippen molar-refractivity contribution in [1.82, 2.24) is 14.3 Å². The molecule has 1 amide bonds. The molecule has 2 N–H and O–H groups in total. The van der Waals surface area contributed by atoms with E-state index in [4.69, 9.17) is 4.74 Å². The van der Waals surface area contributed by atoms with E-state index in [1.54, 1.807) is 45.2 Å². The highest BCUT2D eigenvalue weighted by Gasteiger charge is 2.14. The molecule has 9 nitrogen and oxygen atoms in total. The molecule has 0 aliphatic rings. The molecule has 0 aliphatic carbocycles. The summed E-state index contributed by atoms with van der Waals surface area (Å²) >= 11 is 0. The maximum absolute atomic E-state index is 12.5. The minimum Gasteiger partial charge on any atom is -0.497 e. The number of hydrogen-bond donors (Lipinski definition) is 2. The predicted octanol–water partition coefficient (Wildman–Crippen LogP) is 2.49. The average molecular weight is 471 g/mol. The van der Waals surface area contributed by atoms with Crippen LogP contribution in [-0.4, -0.2) is 37.5 Å². The van der Waals surface area contributed by atoms with E-state index >= 15 is 0 Å². The number of aromatic nitrogens is 2. The Labute approximate surface area is 192 Å². The molecule has 2 aromatic carbocycles. The van der Waals surface area contributed by atoms with Gasteiger partial charge in [-0.1, -0.05) is 13.8 Å². The van der Waals surface area contributed by atoms with Gasteiger partial charge in [-0.2, -0.15) is 0 Å². The number of sulfonamides is 1. The van der Waals surface area contributed by atoms with Gasteiger partial charge in [0.2, 0.25) is 15.9 Å². The zero-order valence-corrected chi connectivity index (χ0v) is 19.4. The third-order valence-corrected chi connectivity index (χ3v) is 6.34. The van der Waals surface area contributed by atoms with Crippen molar-refractivity contribution >= 4 is 21.6 Å². The Hall–Kier alpha value is -3.50. The lowest BCUT2D eigenvalue weighted by atomic mass is 10.1. The monoisotopic (exact) mass is 470 g/mol. The first-order valence-electron chi connectivity index (χ1n) is 10.3. The maximum atomic E-state index is 12.5. The summed E-state index contributed by atoms with van der Waals surface area (Å²) in [6.07, 6.45) is 1.39. The van der Waals surface area contributed by atoms with Crippen molar-refractivity contribution < 1.29 is 17.9 Å². The molecule has 10 heteroatoms. The number of anilines is 1. The number of carbonyl (C=O) groups is 1. The highest BCUT2D eigenvalue weighted by atomic mass is 32.2. The van der Waals surface area contributed by atoms with Gasteiger partial charge in [0.1, 0.15) is 5.75 Å². The van der Waals surface area contributed by atoms with Crippen LogP contribution in [0.1, 0.15) is 13.8 Å². The number of nitrogens with one attached hydrogen (secondary N) is 2. The van der Waals surface area contributed by atoms with Gasteiger partial charge in [-0.15, -0.1) is 0 Å². The Morgan fingerprint density at radius 2 is 1.76 bits per heavy atom. The second kappa shape index (κ2) is 10.4. The van der Waals surface area contributed by atoms with Gasteiger partial charge in [-0.25, -0.2) is 18.1 Å². The lowest BCUT2D eigenvalue weighted by molar-refractivity contribution is -0.118. The van der Waals surface area contributed by atoms with E-state index in [2.05, 4.69) is 15.0 Å². The average Bonchev–Trinajstić information content (AvgIpc) is 2.80. The third-order valence-electron chi connectivity index (χ3n) is 4.87. The molecule has 1 aromatic heterocycles. The largest absolute Gasteiger partial charge is 0.497 e. The van der Waals surface area contributed by atoms with Gasteiger partial charge in [0.25, 0.3) is 5.56 Å². The third kappa shape index (κ3) is 6.27. The normalized spacial score (nSPS) is 11.4. The van der Waals surface area contributed by atoms with Crippen LogP contribution in [-0.2, 0) is 21.4 Å². The number of benzene rings is 2. The summed E-state index contributed by atoms with van der Waals surface area (Å²) in [6, 6.07) is 14.5. The van der Waals surface area contributed by atoms with E-state index in [0.717, 1.165) is 5.56 Å². The van der Waals surface area contributed by atoms with Crippen LogP contribution < -0.4 is 20.3 Å². The first kappa shape index (κ1) is 24.1. The number of carbonyl (C=O) groups excluding carboxylic acids is 1.